The van der Waals surface area contributed by atoms with Gasteiger partial charge in [-0.1, -0.05) is 13.0 Å². The first kappa shape index (κ1) is 18.0. The number of carboxylic acids is 1. The number of carbonyl (C=O) groups excluding carboxylic acids is 2. The number of thioether (sulfide) groups is 1. The Bertz CT molecular complexity index is 548. The number of anilines is 1. The van der Waals surface area contributed by atoms with Crippen LogP contribution in [0, 0.1) is 0 Å². The Balaban J connectivity index is 2.77. The van der Waals surface area contributed by atoms with Gasteiger partial charge in [0.25, 0.3) is 5.91 Å². The van der Waals surface area contributed by atoms with E-state index in [9.17, 15) is 14.4 Å². The maximum Gasteiger partial charge on any atom is 0.326 e. The maximum absolute atomic E-state index is 12.1. The summed E-state index contributed by atoms with van der Waals surface area (Å²) in [5.74, 6) is -1.04. The summed E-state index contributed by atoms with van der Waals surface area (Å²) >= 11 is 1.52. The van der Waals surface area contributed by atoms with E-state index < -0.39 is 17.9 Å². The van der Waals surface area contributed by atoms with Gasteiger partial charge in [0.1, 0.15) is 6.04 Å². The lowest BCUT2D eigenvalue weighted by atomic mass is 10.1. The lowest BCUT2D eigenvalue weighted by molar-refractivity contribution is -0.139. The first-order chi connectivity index (χ1) is 10.5. The SMILES string of the molecule is CCC(=O)Nc1cccc(C(=O)N[C@@H](CCSC)C(=O)O)c1. The van der Waals surface area contributed by atoms with Crippen LogP contribution in [0.5, 0.6) is 0 Å². The molecule has 2 amide bonds. The number of carboxylic acid groups (broad SMARTS) is 1. The second kappa shape index (κ2) is 9.09. The molecule has 0 aliphatic rings. The van der Waals surface area contributed by atoms with Crippen molar-refractivity contribution in [3.05, 3.63) is 29.8 Å². The number of benzene rings is 1. The highest BCUT2D eigenvalue weighted by Gasteiger charge is 2.20. The van der Waals surface area contributed by atoms with E-state index in [4.69, 9.17) is 5.11 Å². The molecule has 0 radical (unpaired) electrons. The zero-order chi connectivity index (χ0) is 16.5. The molecular formula is C15H20N2O4S. The van der Waals surface area contributed by atoms with Crippen molar-refractivity contribution < 1.29 is 19.5 Å². The number of nitrogens with one attached hydrogen (secondary N) is 2. The van der Waals surface area contributed by atoms with E-state index in [1.165, 1.54) is 17.8 Å². The molecule has 0 aliphatic heterocycles. The summed E-state index contributed by atoms with van der Waals surface area (Å²) in [6.07, 6.45) is 2.57. The van der Waals surface area contributed by atoms with Crippen molar-refractivity contribution in [2.24, 2.45) is 0 Å². The average Bonchev–Trinajstić information content (AvgIpc) is 2.51. The molecule has 7 heteroatoms. The molecule has 1 rings (SSSR count). The molecule has 0 spiro atoms. The van der Waals surface area contributed by atoms with E-state index in [0.29, 0.717) is 29.8 Å². The van der Waals surface area contributed by atoms with E-state index in [2.05, 4.69) is 10.6 Å². The summed E-state index contributed by atoms with van der Waals surface area (Å²) < 4.78 is 0. The second-order valence-electron chi connectivity index (χ2n) is 4.63. The number of aliphatic carboxylic acids is 1. The highest BCUT2D eigenvalue weighted by atomic mass is 32.2. The van der Waals surface area contributed by atoms with Gasteiger partial charge in [0, 0.05) is 17.7 Å². The smallest absolute Gasteiger partial charge is 0.326 e. The Morgan fingerprint density at radius 2 is 2.05 bits per heavy atom. The summed E-state index contributed by atoms with van der Waals surface area (Å²) in [5, 5.41) is 14.3. The lowest BCUT2D eigenvalue weighted by Crippen LogP contribution is -2.41. The van der Waals surface area contributed by atoms with Gasteiger partial charge in [-0.2, -0.15) is 11.8 Å². The number of hydrogen-bond donors (Lipinski definition) is 3. The monoisotopic (exact) mass is 324 g/mol. The largest absolute Gasteiger partial charge is 0.480 e. The molecule has 0 saturated heterocycles. The maximum atomic E-state index is 12.1. The molecule has 1 atom stereocenters. The Kier molecular flexibility index (Phi) is 7.45. The normalized spacial score (nSPS) is 11.5. The number of amides is 2. The van der Waals surface area contributed by atoms with Gasteiger partial charge in [-0.25, -0.2) is 4.79 Å². The Labute approximate surface area is 133 Å². The molecule has 0 aromatic heterocycles. The number of rotatable bonds is 8. The van der Waals surface area contributed by atoms with E-state index >= 15 is 0 Å². The summed E-state index contributed by atoms with van der Waals surface area (Å²) in [5.41, 5.74) is 0.819. The highest BCUT2D eigenvalue weighted by Crippen LogP contribution is 2.12. The molecule has 120 valence electrons. The molecule has 1 aromatic carbocycles. The van der Waals surface area contributed by atoms with Crippen LogP contribution in [0.25, 0.3) is 0 Å². The number of carbonyl (C=O) groups is 3. The highest BCUT2D eigenvalue weighted by molar-refractivity contribution is 7.98. The van der Waals surface area contributed by atoms with Gasteiger partial charge in [-0.15, -0.1) is 0 Å². The molecular weight excluding hydrogens is 304 g/mol. The molecule has 0 heterocycles. The lowest BCUT2D eigenvalue weighted by Gasteiger charge is -2.14. The molecule has 0 aliphatic carbocycles. The van der Waals surface area contributed by atoms with Crippen LogP contribution in [0.15, 0.2) is 24.3 Å². The second-order valence-corrected chi connectivity index (χ2v) is 5.61. The van der Waals surface area contributed by atoms with Gasteiger partial charge in [0.2, 0.25) is 5.91 Å². The van der Waals surface area contributed by atoms with E-state index in [1.807, 2.05) is 6.26 Å². The van der Waals surface area contributed by atoms with Gasteiger partial charge in [0.15, 0.2) is 0 Å². The van der Waals surface area contributed by atoms with Crippen molar-refractivity contribution in [2.75, 3.05) is 17.3 Å². The molecule has 0 saturated carbocycles. The third kappa shape index (κ3) is 5.77. The average molecular weight is 324 g/mol. The Morgan fingerprint density at radius 1 is 1.32 bits per heavy atom. The molecule has 0 fully saturated rings. The first-order valence-electron chi connectivity index (χ1n) is 6.90. The molecule has 0 unspecified atom stereocenters. The Hall–Kier alpha value is -2.02. The third-order valence-electron chi connectivity index (χ3n) is 2.94. The fourth-order valence-corrected chi connectivity index (χ4v) is 2.19. The quantitative estimate of drug-likeness (QED) is 0.679. The third-order valence-corrected chi connectivity index (χ3v) is 3.59. The minimum atomic E-state index is -1.06. The minimum absolute atomic E-state index is 0.152. The van der Waals surface area contributed by atoms with E-state index in [1.54, 1.807) is 25.1 Å². The summed E-state index contributed by atoms with van der Waals surface area (Å²) in [6.45, 7) is 1.73. The van der Waals surface area contributed by atoms with Crippen molar-refractivity contribution in [2.45, 2.75) is 25.8 Å². The van der Waals surface area contributed by atoms with Crippen LogP contribution in [0.2, 0.25) is 0 Å². The van der Waals surface area contributed by atoms with Crippen LogP contribution in [0.1, 0.15) is 30.1 Å². The van der Waals surface area contributed by atoms with Crippen LogP contribution in [-0.2, 0) is 9.59 Å². The predicted octanol–water partition coefficient (Wildman–Crippen LogP) is 1.97. The zero-order valence-corrected chi connectivity index (χ0v) is 13.4. The number of hydrogen-bond acceptors (Lipinski definition) is 4. The van der Waals surface area contributed by atoms with Gasteiger partial charge < -0.3 is 15.7 Å². The van der Waals surface area contributed by atoms with E-state index in [-0.39, 0.29) is 5.91 Å². The van der Waals surface area contributed by atoms with Crippen molar-refractivity contribution in [3.8, 4) is 0 Å². The molecule has 6 nitrogen and oxygen atoms in total. The minimum Gasteiger partial charge on any atom is -0.480 e. The summed E-state index contributed by atoms with van der Waals surface area (Å²) in [4.78, 5) is 34.6. The molecule has 0 bridgehead atoms. The van der Waals surface area contributed by atoms with Gasteiger partial charge in [-0.05, 0) is 36.6 Å². The van der Waals surface area contributed by atoms with Crippen molar-refractivity contribution in [1.29, 1.82) is 0 Å². The van der Waals surface area contributed by atoms with Gasteiger partial charge in [0.05, 0.1) is 0 Å². The van der Waals surface area contributed by atoms with Crippen LogP contribution < -0.4 is 10.6 Å². The fourth-order valence-electron chi connectivity index (χ4n) is 1.72. The topological polar surface area (TPSA) is 95.5 Å². The predicted molar refractivity (Wildman–Crippen MR) is 87.3 cm³/mol. The summed E-state index contributed by atoms with van der Waals surface area (Å²) in [6, 6.07) is 5.49. The standard InChI is InChI=1S/C15H20N2O4S/c1-3-13(18)16-11-6-4-5-10(9-11)14(19)17-12(15(20)21)7-8-22-2/h4-6,9,12H,3,7-8H2,1-2H3,(H,16,18)(H,17,19)(H,20,21)/t12-/m0/s1. The molecule has 3 N–H and O–H groups in total. The summed E-state index contributed by atoms with van der Waals surface area (Å²) in [7, 11) is 0. The van der Waals surface area contributed by atoms with Crippen molar-refractivity contribution >= 4 is 35.2 Å². The fraction of sp³-hybridized carbons (Fsp3) is 0.400. The molecule has 1 aromatic rings. The zero-order valence-electron chi connectivity index (χ0n) is 12.6. The van der Waals surface area contributed by atoms with Crippen LogP contribution in [0.3, 0.4) is 0 Å². The van der Waals surface area contributed by atoms with Crippen LogP contribution in [-0.4, -0.2) is 40.9 Å². The first-order valence-corrected chi connectivity index (χ1v) is 8.29. The van der Waals surface area contributed by atoms with Crippen LogP contribution in [0.4, 0.5) is 5.69 Å². The Morgan fingerprint density at radius 3 is 2.64 bits per heavy atom. The van der Waals surface area contributed by atoms with Crippen LogP contribution >= 0.6 is 11.8 Å². The van der Waals surface area contributed by atoms with Gasteiger partial charge >= 0.3 is 5.97 Å². The van der Waals surface area contributed by atoms with Gasteiger partial charge in [-0.3, -0.25) is 9.59 Å². The van der Waals surface area contributed by atoms with Crippen molar-refractivity contribution in [1.82, 2.24) is 5.32 Å². The molecule has 22 heavy (non-hydrogen) atoms. The van der Waals surface area contributed by atoms with Crippen molar-refractivity contribution in [3.63, 3.8) is 0 Å². The van der Waals surface area contributed by atoms with E-state index in [0.717, 1.165) is 0 Å².